The van der Waals surface area contributed by atoms with E-state index < -0.39 is 5.60 Å². The molecule has 29 heavy (non-hydrogen) atoms. The Morgan fingerprint density at radius 2 is 1.93 bits per heavy atom. The summed E-state index contributed by atoms with van der Waals surface area (Å²) in [6.07, 6.45) is 7.89. The average Bonchev–Trinajstić information content (AvgIpc) is 3.48. The van der Waals surface area contributed by atoms with Crippen LogP contribution in [0, 0.1) is 0 Å². The monoisotopic (exact) mass is 388 g/mol. The molecule has 1 aromatic carbocycles. The summed E-state index contributed by atoms with van der Waals surface area (Å²) < 4.78 is 3.67. The molecule has 0 aliphatic heterocycles. The number of nitrogens with zero attached hydrogens (tertiary/aromatic N) is 4. The molecule has 3 heterocycles. The maximum Gasteiger partial charge on any atom is 0.329 e. The van der Waals surface area contributed by atoms with Crippen molar-refractivity contribution in [2.45, 2.75) is 51.3 Å². The molecule has 3 aromatic heterocycles. The normalized spacial score (nSPS) is 14.7. The number of pyridine rings is 2. The van der Waals surface area contributed by atoms with Crippen molar-refractivity contribution in [2.75, 3.05) is 0 Å². The summed E-state index contributed by atoms with van der Waals surface area (Å²) in [5.74, 6) is 0. The summed E-state index contributed by atoms with van der Waals surface area (Å²) in [5.41, 5.74) is 2.66. The molecule has 6 heteroatoms. The lowest BCUT2D eigenvalue weighted by Gasteiger charge is -2.21. The topological polar surface area (TPSA) is 72.9 Å². The van der Waals surface area contributed by atoms with Crippen molar-refractivity contribution < 1.29 is 5.11 Å². The highest BCUT2D eigenvalue weighted by Gasteiger charge is 2.29. The van der Waals surface area contributed by atoms with Gasteiger partial charge in [-0.15, -0.1) is 0 Å². The van der Waals surface area contributed by atoms with Crippen LogP contribution in [0.5, 0.6) is 0 Å². The third-order valence-electron chi connectivity index (χ3n) is 5.59. The minimum atomic E-state index is -0.880. The Hall–Kier alpha value is -2.99. The molecule has 1 aliphatic carbocycles. The van der Waals surface area contributed by atoms with Crippen molar-refractivity contribution >= 4 is 21.8 Å². The molecule has 0 radical (unpaired) electrons. The number of hydrogen-bond donors (Lipinski definition) is 1. The molecule has 0 spiro atoms. The molecule has 0 bridgehead atoms. The van der Waals surface area contributed by atoms with Gasteiger partial charge >= 0.3 is 5.69 Å². The second-order valence-corrected chi connectivity index (χ2v) is 8.59. The predicted octanol–water partition coefficient (Wildman–Crippen LogP) is 3.44. The van der Waals surface area contributed by atoms with Gasteiger partial charge in [0.05, 0.1) is 35.1 Å². The van der Waals surface area contributed by atoms with Gasteiger partial charge in [0.1, 0.15) is 0 Å². The first-order valence-electron chi connectivity index (χ1n) is 10.0. The third kappa shape index (κ3) is 3.23. The van der Waals surface area contributed by atoms with E-state index in [9.17, 15) is 9.90 Å². The van der Waals surface area contributed by atoms with Crippen LogP contribution in [0.2, 0.25) is 0 Å². The summed E-state index contributed by atoms with van der Waals surface area (Å²) in [6.45, 7) is 3.96. The summed E-state index contributed by atoms with van der Waals surface area (Å²) >= 11 is 0. The number of aromatic nitrogens is 4. The van der Waals surface area contributed by atoms with Gasteiger partial charge in [-0.1, -0.05) is 24.3 Å². The largest absolute Gasteiger partial charge is 0.390 e. The molecule has 148 valence electrons. The zero-order valence-corrected chi connectivity index (χ0v) is 16.7. The van der Waals surface area contributed by atoms with Crippen LogP contribution in [0.3, 0.4) is 0 Å². The van der Waals surface area contributed by atoms with Crippen molar-refractivity contribution in [1.82, 2.24) is 19.1 Å². The van der Waals surface area contributed by atoms with E-state index in [0.29, 0.717) is 13.0 Å². The number of aliphatic hydroxyl groups is 1. The van der Waals surface area contributed by atoms with Gasteiger partial charge in [-0.05, 0) is 43.7 Å². The Bertz CT molecular complexity index is 1280. The van der Waals surface area contributed by atoms with E-state index in [-0.39, 0.29) is 11.7 Å². The standard InChI is InChI=1S/C23H24N4O2/c1-23(2,29)11-18-17-6-4-3-5-15(17)12-25-19(18)14-26-21-13-24-10-9-20(21)27(22(26)28)16-7-8-16/h3-6,9-10,12-13,16,29H,7-8,11,14H2,1-2H3. The number of fused-ring (bicyclic) bond motifs is 2. The quantitative estimate of drug-likeness (QED) is 0.568. The number of rotatable bonds is 5. The first kappa shape index (κ1) is 18.1. The molecular formula is C23H24N4O2. The first-order valence-corrected chi connectivity index (χ1v) is 10.0. The van der Waals surface area contributed by atoms with Gasteiger partial charge in [-0.3, -0.25) is 19.1 Å². The Morgan fingerprint density at radius 3 is 2.69 bits per heavy atom. The van der Waals surface area contributed by atoms with Crippen LogP contribution in [0.15, 0.2) is 53.7 Å². The van der Waals surface area contributed by atoms with E-state index in [0.717, 1.165) is 45.9 Å². The second-order valence-electron chi connectivity index (χ2n) is 8.59. The smallest absolute Gasteiger partial charge is 0.329 e. The SMILES string of the molecule is CC(C)(O)Cc1c(Cn2c(=O)n(C3CC3)c3ccncc32)ncc2ccccc12. The predicted molar refractivity (Wildman–Crippen MR) is 113 cm³/mol. The van der Waals surface area contributed by atoms with E-state index in [1.165, 1.54) is 0 Å². The zero-order chi connectivity index (χ0) is 20.2. The molecule has 0 saturated heterocycles. The van der Waals surface area contributed by atoms with Crippen molar-refractivity contribution in [2.24, 2.45) is 0 Å². The van der Waals surface area contributed by atoms with Gasteiger partial charge in [0.15, 0.2) is 0 Å². The molecule has 4 aromatic rings. The highest BCUT2D eigenvalue weighted by molar-refractivity contribution is 5.85. The fourth-order valence-corrected chi connectivity index (χ4v) is 4.15. The van der Waals surface area contributed by atoms with Crippen LogP contribution in [0.1, 0.15) is 44.0 Å². The number of imidazole rings is 1. The molecule has 0 atom stereocenters. The third-order valence-corrected chi connectivity index (χ3v) is 5.59. The van der Waals surface area contributed by atoms with Gasteiger partial charge in [-0.25, -0.2) is 4.79 Å². The van der Waals surface area contributed by atoms with Crippen LogP contribution in [-0.4, -0.2) is 29.8 Å². The van der Waals surface area contributed by atoms with Crippen molar-refractivity contribution in [3.05, 3.63) is 70.7 Å². The summed E-state index contributed by atoms with van der Waals surface area (Å²) in [6, 6.07) is 10.3. The maximum absolute atomic E-state index is 13.3. The summed E-state index contributed by atoms with van der Waals surface area (Å²) in [7, 11) is 0. The molecule has 6 nitrogen and oxygen atoms in total. The lowest BCUT2D eigenvalue weighted by atomic mass is 9.93. The Kier molecular flexibility index (Phi) is 4.06. The van der Waals surface area contributed by atoms with Crippen molar-refractivity contribution in [3.8, 4) is 0 Å². The molecule has 1 N–H and O–H groups in total. The molecule has 0 amide bonds. The maximum atomic E-state index is 13.3. The zero-order valence-electron chi connectivity index (χ0n) is 16.7. The number of hydrogen-bond acceptors (Lipinski definition) is 4. The average molecular weight is 388 g/mol. The van der Waals surface area contributed by atoms with Crippen LogP contribution in [0.25, 0.3) is 21.8 Å². The van der Waals surface area contributed by atoms with E-state index >= 15 is 0 Å². The Labute approximate surface area is 168 Å². The van der Waals surface area contributed by atoms with Gasteiger partial charge in [0.25, 0.3) is 0 Å². The van der Waals surface area contributed by atoms with E-state index in [2.05, 4.69) is 11.1 Å². The minimum absolute atomic E-state index is 0.0142. The molecule has 1 saturated carbocycles. The Morgan fingerprint density at radius 1 is 1.14 bits per heavy atom. The molecular weight excluding hydrogens is 364 g/mol. The van der Waals surface area contributed by atoms with Gasteiger partial charge in [-0.2, -0.15) is 0 Å². The van der Waals surface area contributed by atoms with Crippen LogP contribution in [0.4, 0.5) is 0 Å². The molecule has 0 unspecified atom stereocenters. The van der Waals surface area contributed by atoms with Crippen LogP contribution < -0.4 is 5.69 Å². The highest BCUT2D eigenvalue weighted by Crippen LogP contribution is 2.36. The van der Waals surface area contributed by atoms with Crippen molar-refractivity contribution in [1.29, 1.82) is 0 Å². The van der Waals surface area contributed by atoms with Gasteiger partial charge in [0.2, 0.25) is 0 Å². The van der Waals surface area contributed by atoms with E-state index in [1.54, 1.807) is 30.8 Å². The van der Waals surface area contributed by atoms with Gasteiger partial charge < -0.3 is 5.11 Å². The lowest BCUT2D eigenvalue weighted by Crippen LogP contribution is -2.27. The van der Waals surface area contributed by atoms with Crippen LogP contribution in [-0.2, 0) is 13.0 Å². The summed E-state index contributed by atoms with van der Waals surface area (Å²) in [4.78, 5) is 22.2. The first-order chi connectivity index (χ1) is 13.9. The fraction of sp³-hybridized carbons (Fsp3) is 0.348. The van der Waals surface area contributed by atoms with Gasteiger partial charge in [0, 0.05) is 30.2 Å². The molecule has 1 aliphatic rings. The van der Waals surface area contributed by atoms with Crippen LogP contribution >= 0.6 is 0 Å². The van der Waals surface area contributed by atoms with E-state index in [1.807, 2.05) is 35.0 Å². The number of benzene rings is 1. The molecule has 5 rings (SSSR count). The highest BCUT2D eigenvalue weighted by atomic mass is 16.3. The Balaban J connectivity index is 1.69. The fourth-order valence-electron chi connectivity index (χ4n) is 4.15. The minimum Gasteiger partial charge on any atom is -0.390 e. The second kappa shape index (κ2) is 6.52. The molecule has 1 fully saturated rings. The van der Waals surface area contributed by atoms with Crippen molar-refractivity contribution in [3.63, 3.8) is 0 Å². The van der Waals surface area contributed by atoms with E-state index in [4.69, 9.17) is 4.98 Å². The summed E-state index contributed by atoms with van der Waals surface area (Å²) in [5, 5.41) is 12.6. The lowest BCUT2D eigenvalue weighted by molar-refractivity contribution is 0.0810.